The van der Waals surface area contributed by atoms with Crippen LogP contribution in [-0.2, 0) is 4.79 Å². The maximum atomic E-state index is 10.3. The van der Waals surface area contributed by atoms with Gasteiger partial charge in [0.15, 0.2) is 0 Å². The number of rotatable bonds is 5. The van der Waals surface area contributed by atoms with Gasteiger partial charge in [-0.2, -0.15) is 0 Å². The van der Waals surface area contributed by atoms with Gasteiger partial charge in [-0.25, -0.2) is 4.79 Å². The van der Waals surface area contributed by atoms with E-state index in [1.165, 1.54) is 6.08 Å². The van der Waals surface area contributed by atoms with Crippen LogP contribution in [0.25, 0.3) is 6.08 Å². The molecule has 0 fully saturated rings. The summed E-state index contributed by atoms with van der Waals surface area (Å²) < 4.78 is 6.14. The van der Waals surface area contributed by atoms with Crippen molar-refractivity contribution in [3.8, 4) is 5.75 Å². The van der Waals surface area contributed by atoms with Crippen LogP contribution in [0, 0.1) is 0 Å². The number of aliphatic carboxylic acids is 1. The summed E-state index contributed by atoms with van der Waals surface area (Å²) in [6.07, 6.45) is 4.26. The van der Waals surface area contributed by atoms with Crippen LogP contribution in [0.5, 0.6) is 5.75 Å². The number of hydrogen-bond acceptors (Lipinski definition) is 2. The molecule has 0 aliphatic heterocycles. The third kappa shape index (κ3) is 3.90. The standard InChI is InChI=1S/C12H11BrO3/c1-2-7-16-11-5-3-9(8-10(11)13)4-6-12(14)15/h2-6,8H,1,7H2,(H,14,15). The third-order valence-electron chi connectivity index (χ3n) is 1.73. The molecule has 1 rings (SSSR count). The number of carboxylic acid groups (broad SMARTS) is 1. The van der Waals surface area contributed by atoms with Gasteiger partial charge in [0.25, 0.3) is 0 Å². The molecule has 1 aromatic carbocycles. The van der Waals surface area contributed by atoms with Gasteiger partial charge in [0, 0.05) is 6.08 Å². The lowest BCUT2D eigenvalue weighted by Crippen LogP contribution is -1.93. The Kier molecular flexibility index (Phi) is 4.79. The third-order valence-corrected chi connectivity index (χ3v) is 2.35. The average Bonchev–Trinajstić information content (AvgIpc) is 2.25. The fourth-order valence-electron chi connectivity index (χ4n) is 1.05. The molecule has 0 aromatic heterocycles. The minimum atomic E-state index is -0.969. The quantitative estimate of drug-likeness (QED) is 0.667. The molecule has 0 spiro atoms. The molecular weight excluding hydrogens is 272 g/mol. The molecule has 3 nitrogen and oxygen atoms in total. The van der Waals surface area contributed by atoms with E-state index in [0.717, 1.165) is 16.1 Å². The van der Waals surface area contributed by atoms with Gasteiger partial charge in [-0.1, -0.05) is 18.7 Å². The van der Waals surface area contributed by atoms with Crippen LogP contribution < -0.4 is 4.74 Å². The number of carbonyl (C=O) groups is 1. The summed E-state index contributed by atoms with van der Waals surface area (Å²) in [7, 11) is 0. The molecule has 16 heavy (non-hydrogen) atoms. The fourth-order valence-corrected chi connectivity index (χ4v) is 1.56. The number of hydrogen-bond donors (Lipinski definition) is 1. The Morgan fingerprint density at radius 1 is 1.56 bits per heavy atom. The number of benzene rings is 1. The lowest BCUT2D eigenvalue weighted by molar-refractivity contribution is -0.131. The lowest BCUT2D eigenvalue weighted by Gasteiger charge is -2.06. The molecule has 1 aromatic rings. The van der Waals surface area contributed by atoms with Gasteiger partial charge in [0.1, 0.15) is 12.4 Å². The first-order chi connectivity index (χ1) is 7.63. The largest absolute Gasteiger partial charge is 0.488 e. The van der Waals surface area contributed by atoms with E-state index in [-0.39, 0.29) is 0 Å². The van der Waals surface area contributed by atoms with E-state index in [1.54, 1.807) is 24.3 Å². The van der Waals surface area contributed by atoms with E-state index in [4.69, 9.17) is 9.84 Å². The van der Waals surface area contributed by atoms with Gasteiger partial charge in [-0.15, -0.1) is 0 Å². The van der Waals surface area contributed by atoms with Crippen LogP contribution in [-0.4, -0.2) is 17.7 Å². The van der Waals surface area contributed by atoms with Crippen molar-refractivity contribution in [1.29, 1.82) is 0 Å². The second-order valence-electron chi connectivity index (χ2n) is 2.96. The predicted octanol–water partition coefficient (Wildman–Crippen LogP) is 3.11. The molecule has 0 amide bonds. The van der Waals surface area contributed by atoms with E-state index >= 15 is 0 Å². The molecule has 0 atom stereocenters. The average molecular weight is 283 g/mol. The molecule has 0 unspecified atom stereocenters. The second-order valence-corrected chi connectivity index (χ2v) is 3.82. The smallest absolute Gasteiger partial charge is 0.328 e. The summed E-state index contributed by atoms with van der Waals surface area (Å²) in [6.45, 7) is 3.99. The summed E-state index contributed by atoms with van der Waals surface area (Å²) in [5.74, 6) is -0.268. The molecule has 0 heterocycles. The van der Waals surface area contributed by atoms with Gasteiger partial charge in [0.2, 0.25) is 0 Å². The number of carboxylic acids is 1. The molecule has 0 saturated heterocycles. The summed E-state index contributed by atoms with van der Waals surface area (Å²) >= 11 is 3.34. The minimum Gasteiger partial charge on any atom is -0.488 e. The van der Waals surface area contributed by atoms with Crippen LogP contribution in [0.2, 0.25) is 0 Å². The maximum Gasteiger partial charge on any atom is 0.328 e. The molecule has 84 valence electrons. The van der Waals surface area contributed by atoms with Gasteiger partial charge in [0.05, 0.1) is 4.47 Å². The number of ether oxygens (including phenoxy) is 1. The van der Waals surface area contributed by atoms with Crippen LogP contribution in [0.1, 0.15) is 5.56 Å². The summed E-state index contributed by atoms with van der Waals surface area (Å²) in [5.41, 5.74) is 0.792. The van der Waals surface area contributed by atoms with Gasteiger partial charge >= 0.3 is 5.97 Å². The number of halogens is 1. The zero-order valence-electron chi connectivity index (χ0n) is 8.52. The highest BCUT2D eigenvalue weighted by atomic mass is 79.9. The van der Waals surface area contributed by atoms with E-state index in [2.05, 4.69) is 22.5 Å². The van der Waals surface area contributed by atoms with Crippen molar-refractivity contribution in [2.75, 3.05) is 6.61 Å². The molecule has 4 heteroatoms. The monoisotopic (exact) mass is 282 g/mol. The Balaban J connectivity index is 2.82. The highest BCUT2D eigenvalue weighted by molar-refractivity contribution is 9.10. The van der Waals surface area contributed by atoms with Crippen molar-refractivity contribution >= 4 is 28.0 Å². The first-order valence-electron chi connectivity index (χ1n) is 4.57. The summed E-state index contributed by atoms with van der Waals surface area (Å²) in [4.78, 5) is 10.3. The Hall–Kier alpha value is -1.55. The van der Waals surface area contributed by atoms with Crippen LogP contribution in [0.4, 0.5) is 0 Å². The van der Waals surface area contributed by atoms with Gasteiger partial charge < -0.3 is 9.84 Å². The molecule has 0 aliphatic carbocycles. The minimum absolute atomic E-state index is 0.433. The first-order valence-corrected chi connectivity index (χ1v) is 5.37. The van der Waals surface area contributed by atoms with E-state index in [0.29, 0.717) is 12.4 Å². The highest BCUT2D eigenvalue weighted by Crippen LogP contribution is 2.26. The van der Waals surface area contributed by atoms with Gasteiger partial charge in [-0.05, 0) is 39.7 Å². The zero-order valence-corrected chi connectivity index (χ0v) is 10.1. The van der Waals surface area contributed by atoms with E-state index in [9.17, 15) is 4.79 Å². The van der Waals surface area contributed by atoms with Crippen LogP contribution in [0.15, 0.2) is 41.4 Å². The van der Waals surface area contributed by atoms with Crippen molar-refractivity contribution < 1.29 is 14.6 Å². The summed E-state index contributed by atoms with van der Waals surface area (Å²) in [5, 5.41) is 8.48. The molecule has 1 N–H and O–H groups in total. The van der Waals surface area contributed by atoms with Crippen molar-refractivity contribution in [2.24, 2.45) is 0 Å². The Labute approximate surface area is 102 Å². The van der Waals surface area contributed by atoms with E-state index < -0.39 is 5.97 Å². The first kappa shape index (κ1) is 12.5. The van der Waals surface area contributed by atoms with Crippen molar-refractivity contribution in [1.82, 2.24) is 0 Å². The molecule has 0 radical (unpaired) electrons. The van der Waals surface area contributed by atoms with Crippen molar-refractivity contribution in [2.45, 2.75) is 0 Å². The molecule has 0 aliphatic rings. The molecular formula is C12H11BrO3. The SMILES string of the molecule is C=CCOc1ccc(C=CC(=O)O)cc1Br. The summed E-state index contributed by atoms with van der Waals surface area (Å²) in [6, 6.07) is 5.34. The van der Waals surface area contributed by atoms with Crippen LogP contribution in [0.3, 0.4) is 0 Å². The Morgan fingerprint density at radius 3 is 2.88 bits per heavy atom. The molecule has 0 saturated carbocycles. The van der Waals surface area contributed by atoms with Crippen molar-refractivity contribution in [3.63, 3.8) is 0 Å². The maximum absolute atomic E-state index is 10.3. The van der Waals surface area contributed by atoms with Crippen molar-refractivity contribution in [3.05, 3.63) is 47.0 Å². The Morgan fingerprint density at radius 2 is 2.31 bits per heavy atom. The van der Waals surface area contributed by atoms with Gasteiger partial charge in [-0.3, -0.25) is 0 Å². The Bertz CT molecular complexity index is 424. The van der Waals surface area contributed by atoms with Crippen LogP contribution >= 0.6 is 15.9 Å². The molecule has 0 bridgehead atoms. The lowest BCUT2D eigenvalue weighted by atomic mass is 10.2. The zero-order chi connectivity index (χ0) is 12.0. The highest BCUT2D eigenvalue weighted by Gasteiger charge is 2.00. The predicted molar refractivity (Wildman–Crippen MR) is 66.5 cm³/mol. The topological polar surface area (TPSA) is 46.5 Å². The van der Waals surface area contributed by atoms with E-state index in [1.807, 2.05) is 0 Å². The fraction of sp³-hybridized carbons (Fsp3) is 0.0833. The second kappa shape index (κ2) is 6.12. The normalized spacial score (nSPS) is 10.3.